The van der Waals surface area contributed by atoms with E-state index < -0.39 is 0 Å². The predicted molar refractivity (Wildman–Crippen MR) is 68.3 cm³/mol. The van der Waals surface area contributed by atoms with Crippen LogP contribution in [0.25, 0.3) is 0 Å². The monoisotopic (exact) mass is 236 g/mol. The van der Waals surface area contributed by atoms with Crippen molar-refractivity contribution in [2.24, 2.45) is 0 Å². The molecule has 17 heavy (non-hydrogen) atoms. The molecule has 2 N–H and O–H groups in total. The Bertz CT molecular complexity index is 381. The standard InChI is InChI=1S/C12H20N4O/c1-12(2)6-9(4-5-17-12)15-11-8-14-7-10(13-3)16-11/h7-9H,4-6H2,1-3H3,(H2,13,15,16). The van der Waals surface area contributed by atoms with Gasteiger partial charge in [-0.15, -0.1) is 0 Å². The summed E-state index contributed by atoms with van der Waals surface area (Å²) in [7, 11) is 1.84. The van der Waals surface area contributed by atoms with Crippen molar-refractivity contribution < 1.29 is 4.74 Å². The molecule has 1 aromatic heterocycles. The number of nitrogens with one attached hydrogen (secondary N) is 2. The maximum Gasteiger partial charge on any atom is 0.147 e. The SMILES string of the molecule is CNc1cncc(NC2CCOC(C)(C)C2)n1. The molecular formula is C12H20N4O. The minimum Gasteiger partial charge on any atom is -0.375 e. The molecule has 1 unspecified atom stereocenters. The zero-order chi connectivity index (χ0) is 12.3. The molecule has 0 saturated carbocycles. The first-order valence-electron chi connectivity index (χ1n) is 5.99. The molecule has 1 fully saturated rings. The van der Waals surface area contributed by atoms with Crippen LogP contribution in [0.5, 0.6) is 0 Å². The van der Waals surface area contributed by atoms with Crippen LogP contribution in [0.1, 0.15) is 26.7 Å². The molecule has 0 bridgehead atoms. The fraction of sp³-hybridized carbons (Fsp3) is 0.667. The van der Waals surface area contributed by atoms with Gasteiger partial charge in [-0.25, -0.2) is 4.98 Å². The Morgan fingerprint density at radius 1 is 1.35 bits per heavy atom. The Kier molecular flexibility index (Phi) is 3.47. The highest BCUT2D eigenvalue weighted by Crippen LogP contribution is 2.25. The molecule has 5 heteroatoms. The van der Waals surface area contributed by atoms with Crippen LogP contribution < -0.4 is 10.6 Å². The second-order valence-corrected chi connectivity index (χ2v) is 4.98. The van der Waals surface area contributed by atoms with Gasteiger partial charge in [0.15, 0.2) is 0 Å². The first-order chi connectivity index (χ1) is 8.09. The van der Waals surface area contributed by atoms with Crippen molar-refractivity contribution in [3.8, 4) is 0 Å². The number of hydrogen-bond acceptors (Lipinski definition) is 5. The summed E-state index contributed by atoms with van der Waals surface area (Å²) in [6.45, 7) is 5.04. The Morgan fingerprint density at radius 3 is 2.82 bits per heavy atom. The highest BCUT2D eigenvalue weighted by Gasteiger charge is 2.28. The van der Waals surface area contributed by atoms with Crippen LogP contribution in [0.2, 0.25) is 0 Å². The molecule has 0 spiro atoms. The number of hydrogen-bond donors (Lipinski definition) is 2. The van der Waals surface area contributed by atoms with E-state index in [1.807, 2.05) is 7.05 Å². The lowest BCUT2D eigenvalue weighted by molar-refractivity contribution is -0.0553. The topological polar surface area (TPSA) is 59.1 Å². The van der Waals surface area contributed by atoms with E-state index in [1.54, 1.807) is 12.4 Å². The smallest absolute Gasteiger partial charge is 0.147 e. The lowest BCUT2D eigenvalue weighted by atomic mass is 9.94. The lowest BCUT2D eigenvalue weighted by Gasteiger charge is -2.36. The van der Waals surface area contributed by atoms with Crippen molar-refractivity contribution in [2.45, 2.75) is 38.3 Å². The van der Waals surface area contributed by atoms with Crippen molar-refractivity contribution in [3.63, 3.8) is 0 Å². The normalized spacial score (nSPS) is 23.1. The Labute approximate surface area is 102 Å². The molecule has 0 aromatic carbocycles. The van der Waals surface area contributed by atoms with Crippen molar-refractivity contribution in [3.05, 3.63) is 12.4 Å². The third-order valence-corrected chi connectivity index (χ3v) is 2.94. The average Bonchev–Trinajstić information content (AvgIpc) is 2.28. The van der Waals surface area contributed by atoms with Crippen molar-refractivity contribution in [1.29, 1.82) is 0 Å². The second-order valence-electron chi connectivity index (χ2n) is 4.98. The van der Waals surface area contributed by atoms with Gasteiger partial charge in [0.1, 0.15) is 11.6 Å². The van der Waals surface area contributed by atoms with Gasteiger partial charge in [-0.2, -0.15) is 0 Å². The molecule has 1 saturated heterocycles. The predicted octanol–water partition coefficient (Wildman–Crippen LogP) is 1.89. The van der Waals surface area contributed by atoms with Crippen LogP contribution in [0.4, 0.5) is 11.6 Å². The summed E-state index contributed by atoms with van der Waals surface area (Å²) >= 11 is 0. The van der Waals surface area contributed by atoms with Crippen LogP contribution in [0, 0.1) is 0 Å². The largest absolute Gasteiger partial charge is 0.375 e. The van der Waals surface area contributed by atoms with E-state index in [1.165, 1.54) is 0 Å². The number of aromatic nitrogens is 2. The summed E-state index contributed by atoms with van der Waals surface area (Å²) in [5.41, 5.74) is -0.0516. The summed E-state index contributed by atoms with van der Waals surface area (Å²) < 4.78 is 5.69. The molecule has 5 nitrogen and oxygen atoms in total. The van der Waals surface area contributed by atoms with Crippen LogP contribution in [0.3, 0.4) is 0 Å². The molecule has 1 aromatic rings. The summed E-state index contributed by atoms with van der Waals surface area (Å²) in [6.07, 6.45) is 5.45. The van der Waals surface area contributed by atoms with E-state index in [4.69, 9.17) is 4.74 Å². The molecule has 94 valence electrons. The third-order valence-electron chi connectivity index (χ3n) is 2.94. The Balaban J connectivity index is 2.00. The van der Waals surface area contributed by atoms with Crippen molar-refractivity contribution in [2.75, 3.05) is 24.3 Å². The van der Waals surface area contributed by atoms with E-state index in [9.17, 15) is 0 Å². The summed E-state index contributed by atoms with van der Waals surface area (Å²) in [4.78, 5) is 8.55. The first kappa shape index (κ1) is 12.1. The first-order valence-corrected chi connectivity index (χ1v) is 5.99. The van der Waals surface area contributed by atoms with Gasteiger partial charge in [-0.1, -0.05) is 0 Å². The van der Waals surface area contributed by atoms with Crippen LogP contribution >= 0.6 is 0 Å². The fourth-order valence-electron chi connectivity index (χ4n) is 2.12. The van der Waals surface area contributed by atoms with E-state index >= 15 is 0 Å². The molecule has 0 radical (unpaired) electrons. The van der Waals surface area contributed by atoms with Gasteiger partial charge in [0.25, 0.3) is 0 Å². The maximum absolute atomic E-state index is 5.69. The fourth-order valence-corrected chi connectivity index (χ4v) is 2.12. The summed E-state index contributed by atoms with van der Waals surface area (Å²) in [6, 6.07) is 0.403. The lowest BCUT2D eigenvalue weighted by Crippen LogP contribution is -2.40. The zero-order valence-electron chi connectivity index (χ0n) is 10.7. The molecule has 2 heterocycles. The molecule has 0 amide bonds. The summed E-state index contributed by atoms with van der Waals surface area (Å²) in [5, 5.41) is 6.40. The van der Waals surface area contributed by atoms with Gasteiger partial charge >= 0.3 is 0 Å². The van der Waals surface area contributed by atoms with Crippen LogP contribution in [-0.4, -0.2) is 35.3 Å². The van der Waals surface area contributed by atoms with Gasteiger partial charge in [0.05, 0.1) is 18.0 Å². The van der Waals surface area contributed by atoms with Gasteiger partial charge in [0, 0.05) is 19.7 Å². The zero-order valence-corrected chi connectivity index (χ0v) is 10.7. The van der Waals surface area contributed by atoms with Gasteiger partial charge in [-0.3, -0.25) is 4.98 Å². The summed E-state index contributed by atoms with van der Waals surface area (Å²) in [5.74, 6) is 1.60. The molecular weight excluding hydrogens is 216 g/mol. The van der Waals surface area contributed by atoms with Gasteiger partial charge in [0.2, 0.25) is 0 Å². The number of anilines is 2. The average molecular weight is 236 g/mol. The highest BCUT2D eigenvalue weighted by molar-refractivity contribution is 5.41. The van der Waals surface area contributed by atoms with E-state index in [-0.39, 0.29) is 5.60 Å². The molecule has 1 atom stereocenters. The van der Waals surface area contributed by atoms with Crippen molar-refractivity contribution in [1.82, 2.24) is 9.97 Å². The minimum atomic E-state index is -0.0516. The van der Waals surface area contributed by atoms with Crippen molar-refractivity contribution >= 4 is 11.6 Å². The molecule has 2 rings (SSSR count). The van der Waals surface area contributed by atoms with Gasteiger partial charge in [-0.05, 0) is 26.7 Å². The quantitative estimate of drug-likeness (QED) is 0.839. The third kappa shape index (κ3) is 3.30. The minimum absolute atomic E-state index is 0.0516. The molecule has 1 aliphatic rings. The van der Waals surface area contributed by atoms with E-state index in [0.29, 0.717) is 6.04 Å². The van der Waals surface area contributed by atoms with Gasteiger partial charge < -0.3 is 15.4 Å². The maximum atomic E-state index is 5.69. The second kappa shape index (κ2) is 4.87. The Morgan fingerprint density at radius 2 is 2.12 bits per heavy atom. The van der Waals surface area contributed by atoms with E-state index in [0.717, 1.165) is 31.1 Å². The van der Waals surface area contributed by atoms with E-state index in [2.05, 4.69) is 34.4 Å². The number of ether oxygens (including phenoxy) is 1. The Hall–Kier alpha value is -1.36. The number of rotatable bonds is 3. The van der Waals surface area contributed by atoms with Crippen LogP contribution in [0.15, 0.2) is 12.4 Å². The molecule has 0 aliphatic carbocycles. The highest BCUT2D eigenvalue weighted by atomic mass is 16.5. The molecule has 1 aliphatic heterocycles. The van der Waals surface area contributed by atoms with Crippen LogP contribution in [-0.2, 0) is 4.74 Å². The number of nitrogens with zero attached hydrogens (tertiary/aromatic N) is 2.